The van der Waals surface area contributed by atoms with Gasteiger partial charge in [-0.05, 0) is 46.7 Å². The van der Waals surface area contributed by atoms with Crippen molar-refractivity contribution in [1.82, 2.24) is 14.9 Å². The minimum Gasteiger partial charge on any atom is -0.459 e. The first kappa shape index (κ1) is 18.2. The van der Waals surface area contributed by atoms with Gasteiger partial charge in [0.05, 0.1) is 17.3 Å². The molecule has 0 saturated carbocycles. The van der Waals surface area contributed by atoms with Gasteiger partial charge in [0, 0.05) is 19.5 Å². The predicted octanol–water partition coefficient (Wildman–Crippen LogP) is 4.80. The van der Waals surface area contributed by atoms with Gasteiger partial charge in [-0.3, -0.25) is 4.79 Å². The summed E-state index contributed by atoms with van der Waals surface area (Å²) in [6.45, 7) is 1.22. The third-order valence-corrected chi connectivity index (χ3v) is 5.27. The molecule has 0 fully saturated rings. The van der Waals surface area contributed by atoms with E-state index in [4.69, 9.17) is 9.40 Å². The number of aromatic nitrogens is 2. The fraction of sp³-hybridized carbons (Fsp3) is 0.120. The fourth-order valence-electron chi connectivity index (χ4n) is 3.80. The highest BCUT2D eigenvalue weighted by atomic mass is 16.3. The summed E-state index contributed by atoms with van der Waals surface area (Å²) in [5.74, 6) is 1.06. The molecule has 5 nitrogen and oxygen atoms in total. The lowest BCUT2D eigenvalue weighted by molar-refractivity contribution is 0.0926. The van der Waals surface area contributed by atoms with Crippen LogP contribution in [0.15, 0.2) is 89.5 Å². The quantitative estimate of drug-likeness (QED) is 0.449. The van der Waals surface area contributed by atoms with Gasteiger partial charge in [0.15, 0.2) is 5.76 Å². The molecule has 0 aliphatic carbocycles. The average Bonchev–Trinajstić information content (AvgIpc) is 3.43. The Morgan fingerprint density at radius 3 is 2.63 bits per heavy atom. The summed E-state index contributed by atoms with van der Waals surface area (Å²) in [6, 6.07) is 26.4. The van der Waals surface area contributed by atoms with Crippen LogP contribution in [-0.2, 0) is 13.0 Å². The fourth-order valence-corrected chi connectivity index (χ4v) is 3.80. The zero-order valence-corrected chi connectivity index (χ0v) is 16.4. The van der Waals surface area contributed by atoms with Gasteiger partial charge in [-0.2, -0.15) is 0 Å². The van der Waals surface area contributed by atoms with E-state index in [-0.39, 0.29) is 5.91 Å². The molecule has 0 spiro atoms. The Labute approximate surface area is 174 Å². The van der Waals surface area contributed by atoms with Crippen molar-refractivity contribution < 1.29 is 9.21 Å². The van der Waals surface area contributed by atoms with Gasteiger partial charge in [-0.25, -0.2) is 4.98 Å². The Balaban J connectivity index is 1.40. The van der Waals surface area contributed by atoms with Crippen LogP contribution >= 0.6 is 0 Å². The molecule has 0 saturated heterocycles. The van der Waals surface area contributed by atoms with Crippen molar-refractivity contribution in [3.05, 3.63) is 102 Å². The third-order valence-electron chi connectivity index (χ3n) is 5.27. The second kappa shape index (κ2) is 7.87. The van der Waals surface area contributed by atoms with Crippen LogP contribution in [-0.4, -0.2) is 22.0 Å². The predicted molar refractivity (Wildman–Crippen MR) is 118 cm³/mol. The molecule has 5 aromatic rings. The molecule has 1 amide bonds. The van der Waals surface area contributed by atoms with Crippen molar-refractivity contribution in [2.75, 3.05) is 6.54 Å². The van der Waals surface area contributed by atoms with Crippen LogP contribution in [0.4, 0.5) is 0 Å². The van der Waals surface area contributed by atoms with E-state index in [9.17, 15) is 4.79 Å². The summed E-state index contributed by atoms with van der Waals surface area (Å²) in [5.41, 5.74) is 3.28. The summed E-state index contributed by atoms with van der Waals surface area (Å²) in [5, 5.41) is 5.37. The molecule has 0 unspecified atom stereocenters. The second-order valence-corrected chi connectivity index (χ2v) is 7.27. The Morgan fingerprint density at radius 1 is 0.933 bits per heavy atom. The third kappa shape index (κ3) is 3.57. The highest BCUT2D eigenvalue weighted by molar-refractivity contribution is 5.91. The number of para-hydroxylation sites is 2. The van der Waals surface area contributed by atoms with Gasteiger partial charge < -0.3 is 14.3 Å². The summed E-state index contributed by atoms with van der Waals surface area (Å²) in [4.78, 5) is 17.0. The van der Waals surface area contributed by atoms with E-state index >= 15 is 0 Å². The number of hydrogen-bond acceptors (Lipinski definition) is 3. The van der Waals surface area contributed by atoms with Crippen LogP contribution in [0.1, 0.15) is 21.9 Å². The highest BCUT2D eigenvalue weighted by Gasteiger charge is 2.13. The average molecular weight is 395 g/mol. The van der Waals surface area contributed by atoms with Crippen molar-refractivity contribution in [1.29, 1.82) is 0 Å². The Morgan fingerprint density at radius 2 is 1.77 bits per heavy atom. The number of nitrogens with one attached hydrogen (secondary N) is 1. The Bertz CT molecular complexity index is 1320. The van der Waals surface area contributed by atoms with E-state index in [1.165, 1.54) is 22.6 Å². The highest BCUT2D eigenvalue weighted by Crippen LogP contribution is 2.21. The molecule has 0 aliphatic heterocycles. The van der Waals surface area contributed by atoms with Crippen molar-refractivity contribution in [2.45, 2.75) is 13.0 Å². The maximum absolute atomic E-state index is 12.1. The lowest BCUT2D eigenvalue weighted by atomic mass is 10.1. The number of imidazole rings is 1. The van der Waals surface area contributed by atoms with Crippen LogP contribution < -0.4 is 5.32 Å². The number of benzene rings is 3. The SMILES string of the molecule is O=C(NCCc1nc2ccccc2n1Cc1ccc2ccccc2c1)c1ccco1. The summed E-state index contributed by atoms with van der Waals surface area (Å²) < 4.78 is 7.39. The Kier molecular flexibility index (Phi) is 4.77. The van der Waals surface area contributed by atoms with Crippen molar-refractivity contribution >= 4 is 27.7 Å². The standard InChI is InChI=1S/C25H21N3O2/c29-25(23-10-5-15-30-23)26-14-13-24-27-21-8-3-4-9-22(21)28(24)17-18-11-12-19-6-1-2-7-20(19)16-18/h1-12,15-16H,13-14,17H2,(H,26,29). The van der Waals surface area contributed by atoms with Crippen LogP contribution in [0.3, 0.4) is 0 Å². The van der Waals surface area contributed by atoms with Gasteiger partial charge in [0.1, 0.15) is 5.82 Å². The molecule has 1 N–H and O–H groups in total. The normalized spacial score (nSPS) is 11.2. The molecule has 0 bridgehead atoms. The number of carbonyl (C=O) groups is 1. The number of amides is 1. The van der Waals surface area contributed by atoms with Crippen LogP contribution in [0.5, 0.6) is 0 Å². The number of nitrogens with zero attached hydrogens (tertiary/aromatic N) is 2. The largest absolute Gasteiger partial charge is 0.459 e. The molecule has 148 valence electrons. The first-order valence-corrected chi connectivity index (χ1v) is 10.0. The molecule has 5 rings (SSSR count). The zero-order valence-electron chi connectivity index (χ0n) is 16.4. The van der Waals surface area contributed by atoms with Gasteiger partial charge >= 0.3 is 0 Å². The van der Waals surface area contributed by atoms with E-state index in [0.29, 0.717) is 18.7 Å². The maximum Gasteiger partial charge on any atom is 0.286 e. The maximum atomic E-state index is 12.1. The topological polar surface area (TPSA) is 60.1 Å². The number of fused-ring (bicyclic) bond motifs is 2. The molecule has 0 atom stereocenters. The number of rotatable bonds is 6. The van der Waals surface area contributed by atoms with E-state index < -0.39 is 0 Å². The molecule has 0 radical (unpaired) electrons. The van der Waals surface area contributed by atoms with Crippen molar-refractivity contribution in [3.63, 3.8) is 0 Å². The van der Waals surface area contributed by atoms with Crippen LogP contribution in [0, 0.1) is 0 Å². The monoisotopic (exact) mass is 395 g/mol. The lowest BCUT2D eigenvalue weighted by Gasteiger charge is -2.11. The molecular weight excluding hydrogens is 374 g/mol. The molecule has 2 aromatic heterocycles. The summed E-state index contributed by atoms with van der Waals surface area (Å²) in [6.07, 6.45) is 2.13. The van der Waals surface area contributed by atoms with Crippen molar-refractivity contribution in [2.24, 2.45) is 0 Å². The number of hydrogen-bond donors (Lipinski definition) is 1. The van der Waals surface area contributed by atoms with Gasteiger partial charge in [-0.15, -0.1) is 0 Å². The van der Waals surface area contributed by atoms with E-state index in [1.807, 2.05) is 18.2 Å². The first-order valence-electron chi connectivity index (χ1n) is 10.0. The smallest absolute Gasteiger partial charge is 0.286 e. The molecule has 2 heterocycles. The number of furan rings is 1. The second-order valence-electron chi connectivity index (χ2n) is 7.27. The van der Waals surface area contributed by atoms with E-state index in [1.54, 1.807) is 12.1 Å². The molecule has 30 heavy (non-hydrogen) atoms. The summed E-state index contributed by atoms with van der Waals surface area (Å²) in [7, 11) is 0. The minimum absolute atomic E-state index is 0.211. The molecule has 3 aromatic carbocycles. The van der Waals surface area contributed by atoms with Gasteiger partial charge in [-0.1, -0.05) is 48.5 Å². The zero-order chi connectivity index (χ0) is 20.3. The molecule has 0 aliphatic rings. The van der Waals surface area contributed by atoms with Gasteiger partial charge in [0.25, 0.3) is 5.91 Å². The number of carbonyl (C=O) groups excluding carboxylic acids is 1. The first-order chi connectivity index (χ1) is 14.8. The lowest BCUT2D eigenvalue weighted by Crippen LogP contribution is -2.26. The van der Waals surface area contributed by atoms with Crippen LogP contribution in [0.2, 0.25) is 0 Å². The molecule has 5 heteroatoms. The van der Waals surface area contributed by atoms with E-state index in [2.05, 4.69) is 58.4 Å². The molecular formula is C25H21N3O2. The van der Waals surface area contributed by atoms with Crippen molar-refractivity contribution in [3.8, 4) is 0 Å². The Hall–Kier alpha value is -3.86. The minimum atomic E-state index is -0.211. The van der Waals surface area contributed by atoms with Crippen LogP contribution in [0.25, 0.3) is 21.8 Å². The van der Waals surface area contributed by atoms with E-state index in [0.717, 1.165) is 23.4 Å². The summed E-state index contributed by atoms with van der Waals surface area (Å²) >= 11 is 0. The van der Waals surface area contributed by atoms with Gasteiger partial charge in [0.2, 0.25) is 0 Å².